The van der Waals surface area contributed by atoms with Crippen LogP contribution in [-0.4, -0.2) is 22.9 Å². The van der Waals surface area contributed by atoms with E-state index in [2.05, 4.69) is 53.3 Å². The Hall–Kier alpha value is -1.00. The molecule has 6 heteroatoms. The number of allylic oxidation sites excluding steroid dienone is 3. The first-order chi connectivity index (χ1) is 23.1. The number of hydrogen-bond acceptors (Lipinski definition) is 4. The van der Waals surface area contributed by atoms with Crippen molar-refractivity contribution in [3.05, 3.63) is 35.5 Å². The molecule has 5 nitrogen and oxygen atoms in total. The quantitative estimate of drug-likeness (QED) is 0.222. The van der Waals surface area contributed by atoms with E-state index in [-0.39, 0.29) is 34.4 Å². The molecule has 0 heterocycles. The Bertz CT molecular complexity index is 1390. The molecular formula is C43H65O5P. The lowest BCUT2D eigenvalue weighted by molar-refractivity contribution is -0.127. The van der Waals surface area contributed by atoms with Crippen LogP contribution in [-0.2, 0) is 18.4 Å². The highest BCUT2D eigenvalue weighted by Crippen LogP contribution is 2.69. The first-order valence-electron chi connectivity index (χ1n) is 20.3. The second-order valence-corrected chi connectivity index (χ2v) is 21.1. The highest BCUT2D eigenvalue weighted by atomic mass is 31.2. The number of phosphoric ester groups is 1. The number of fused-ring (bicyclic) bond motifs is 10. The van der Waals surface area contributed by atoms with Gasteiger partial charge in [0, 0.05) is 5.92 Å². The van der Waals surface area contributed by atoms with Crippen molar-refractivity contribution in [1.82, 2.24) is 0 Å². The molecule has 0 aromatic carbocycles. The molecule has 0 aromatic heterocycles. The summed E-state index contributed by atoms with van der Waals surface area (Å²) in [6.07, 6.45) is 21.6. The number of carbonyl (C=O) groups is 1. The fourth-order valence-electron chi connectivity index (χ4n) is 15.3. The predicted molar refractivity (Wildman–Crippen MR) is 195 cm³/mol. The molecule has 0 radical (unpaired) electrons. The van der Waals surface area contributed by atoms with Crippen molar-refractivity contribution in [2.75, 3.05) is 0 Å². The van der Waals surface area contributed by atoms with Crippen molar-refractivity contribution in [1.29, 1.82) is 0 Å². The van der Waals surface area contributed by atoms with Crippen LogP contribution in [0.3, 0.4) is 0 Å². The van der Waals surface area contributed by atoms with E-state index >= 15 is 0 Å². The molecule has 0 amide bonds. The van der Waals surface area contributed by atoms with Gasteiger partial charge in [-0.2, -0.15) is 0 Å². The molecular weight excluding hydrogens is 627 g/mol. The van der Waals surface area contributed by atoms with Crippen LogP contribution in [0.15, 0.2) is 35.5 Å². The topological polar surface area (TPSA) is 72.8 Å². The summed E-state index contributed by atoms with van der Waals surface area (Å²) in [6, 6.07) is 0. The summed E-state index contributed by atoms with van der Waals surface area (Å²) >= 11 is 0. The van der Waals surface area contributed by atoms with Gasteiger partial charge in [0.25, 0.3) is 0 Å². The molecule has 15 atom stereocenters. The van der Waals surface area contributed by atoms with Crippen molar-refractivity contribution < 1.29 is 23.3 Å². The minimum Gasteiger partial charge on any atom is -0.302 e. The Morgan fingerprint density at radius 3 is 1.59 bits per heavy atom. The number of hydrogen-bond donors (Lipinski definition) is 1. The molecule has 0 bridgehead atoms. The summed E-state index contributed by atoms with van der Waals surface area (Å²) in [4.78, 5) is 23.7. The monoisotopic (exact) mass is 692 g/mol. The van der Waals surface area contributed by atoms with Crippen molar-refractivity contribution in [2.24, 2.45) is 69.0 Å². The van der Waals surface area contributed by atoms with Gasteiger partial charge in [0.2, 0.25) is 0 Å². The van der Waals surface area contributed by atoms with Crippen LogP contribution in [0.2, 0.25) is 0 Å². The first kappa shape index (κ1) is 35.1. The zero-order valence-electron chi connectivity index (χ0n) is 31.5. The number of carbonyl (C=O) groups excluding carboxylic acids is 1. The maximum atomic E-state index is 13.6. The lowest BCUT2D eigenvalue weighted by Crippen LogP contribution is -2.51. The third-order valence-electron chi connectivity index (χ3n) is 17.8. The smallest absolute Gasteiger partial charge is 0.302 e. The lowest BCUT2D eigenvalue weighted by Gasteiger charge is -2.58. The van der Waals surface area contributed by atoms with Gasteiger partial charge in [-0.25, -0.2) is 4.57 Å². The van der Waals surface area contributed by atoms with Gasteiger partial charge < -0.3 is 4.89 Å². The van der Waals surface area contributed by atoms with Gasteiger partial charge in [0.15, 0.2) is 0 Å². The minimum atomic E-state index is -4.20. The number of Topliss-reactive ketones (excluding diaryl/α,β-unsaturated/α-hetero) is 1. The van der Waals surface area contributed by atoms with Crippen LogP contribution in [0, 0.1) is 69.0 Å². The lowest BCUT2D eigenvalue weighted by atomic mass is 9.47. The molecule has 8 rings (SSSR count). The Morgan fingerprint density at radius 2 is 1.14 bits per heavy atom. The Kier molecular flexibility index (Phi) is 8.59. The molecule has 6 saturated carbocycles. The molecule has 8 aliphatic carbocycles. The van der Waals surface area contributed by atoms with Crippen LogP contribution in [0.25, 0.3) is 0 Å². The standard InChI is InChI=1S/C43H65O5P/c1-26(2)34-12-14-36-32-10-8-28-24-30(16-20-40(28,4)38(32)18-22-42(34,36)6)47-49(45,46)48-31-17-21-41(5)29(25-31)9-11-33-37-15-13-35(27(3)44)43(37,7)23-19-39(33)41/h8-9,30-39H,1,10-25H2,2-7H3,(H,45,46). The largest absolute Gasteiger partial charge is 0.472 e. The Labute approximate surface area is 297 Å². The fourth-order valence-corrected chi connectivity index (χ4v) is 16.5. The zero-order chi connectivity index (χ0) is 34.7. The summed E-state index contributed by atoms with van der Waals surface area (Å²) < 4.78 is 25.7. The van der Waals surface area contributed by atoms with Crippen LogP contribution in [0.4, 0.5) is 0 Å². The maximum absolute atomic E-state index is 13.6. The van der Waals surface area contributed by atoms with E-state index in [1.807, 2.05) is 6.92 Å². The van der Waals surface area contributed by atoms with Gasteiger partial charge in [0.05, 0.1) is 12.2 Å². The molecule has 49 heavy (non-hydrogen) atoms. The van der Waals surface area contributed by atoms with E-state index in [9.17, 15) is 14.3 Å². The molecule has 272 valence electrons. The zero-order valence-corrected chi connectivity index (χ0v) is 32.4. The van der Waals surface area contributed by atoms with E-state index in [1.165, 1.54) is 55.2 Å². The number of rotatable bonds is 6. The normalized spacial score (nSPS) is 51.4. The second kappa shape index (κ2) is 12.0. The summed E-state index contributed by atoms with van der Waals surface area (Å²) in [7, 11) is -4.20. The Morgan fingerprint density at radius 1 is 0.694 bits per heavy atom. The average Bonchev–Trinajstić information content (AvgIpc) is 3.58. The summed E-state index contributed by atoms with van der Waals surface area (Å²) in [5.74, 6) is 5.43. The summed E-state index contributed by atoms with van der Waals surface area (Å²) in [5, 5.41) is 0. The fraction of sp³-hybridized carbons (Fsp3) is 0.837. The van der Waals surface area contributed by atoms with Crippen LogP contribution in [0.5, 0.6) is 0 Å². The molecule has 1 N–H and O–H groups in total. The van der Waals surface area contributed by atoms with E-state index in [0.717, 1.165) is 76.0 Å². The van der Waals surface area contributed by atoms with Gasteiger partial charge in [0.1, 0.15) is 5.78 Å². The van der Waals surface area contributed by atoms with E-state index in [1.54, 1.807) is 0 Å². The third-order valence-corrected chi connectivity index (χ3v) is 18.9. The van der Waals surface area contributed by atoms with E-state index in [0.29, 0.717) is 40.8 Å². The van der Waals surface area contributed by atoms with Crippen molar-refractivity contribution >= 4 is 13.6 Å². The van der Waals surface area contributed by atoms with Crippen molar-refractivity contribution in [2.45, 2.75) is 156 Å². The SMILES string of the molecule is C=C(C)C1CCC2C3CC=C4CC(OP(=O)(O)OC5CCC6(C)C(=CCC7C6CCC6(C)C(C(C)=O)CCC76)C5)CCC4(C)C3CCC12C. The minimum absolute atomic E-state index is 0.123. The average molecular weight is 693 g/mol. The molecule has 0 aromatic rings. The molecule has 6 fully saturated rings. The third kappa shape index (κ3) is 5.38. The van der Waals surface area contributed by atoms with E-state index in [4.69, 9.17) is 9.05 Å². The molecule has 0 saturated heterocycles. The van der Waals surface area contributed by atoms with E-state index < -0.39 is 7.82 Å². The van der Waals surface area contributed by atoms with Crippen LogP contribution in [0.1, 0.15) is 144 Å². The van der Waals surface area contributed by atoms with Crippen molar-refractivity contribution in [3.8, 4) is 0 Å². The second-order valence-electron chi connectivity index (χ2n) is 19.7. The van der Waals surface area contributed by atoms with Gasteiger partial charge >= 0.3 is 7.82 Å². The molecule has 0 spiro atoms. The molecule has 8 aliphatic rings. The van der Waals surface area contributed by atoms with Crippen LogP contribution >= 0.6 is 7.82 Å². The Balaban J connectivity index is 0.901. The van der Waals surface area contributed by atoms with Crippen molar-refractivity contribution in [3.63, 3.8) is 0 Å². The van der Waals surface area contributed by atoms with Gasteiger partial charge in [-0.1, -0.05) is 63.1 Å². The number of ketones is 1. The van der Waals surface area contributed by atoms with Gasteiger partial charge in [-0.05, 0) is 180 Å². The first-order valence-corrected chi connectivity index (χ1v) is 21.8. The van der Waals surface area contributed by atoms with Gasteiger partial charge in [-0.15, -0.1) is 0 Å². The predicted octanol–water partition coefficient (Wildman–Crippen LogP) is 11.2. The highest BCUT2D eigenvalue weighted by molar-refractivity contribution is 7.47. The molecule has 0 aliphatic heterocycles. The summed E-state index contributed by atoms with van der Waals surface area (Å²) in [5.41, 5.74) is 5.14. The van der Waals surface area contributed by atoms with Gasteiger partial charge in [-0.3, -0.25) is 13.8 Å². The van der Waals surface area contributed by atoms with Crippen LogP contribution < -0.4 is 0 Å². The highest BCUT2D eigenvalue weighted by Gasteiger charge is 2.61. The molecule has 15 unspecified atom stereocenters. The summed E-state index contributed by atoms with van der Waals surface area (Å²) in [6.45, 7) is 18.4. The maximum Gasteiger partial charge on any atom is 0.472 e. The number of phosphoric acid groups is 1.